The van der Waals surface area contributed by atoms with Crippen LogP contribution in [0.4, 0.5) is 0 Å². The van der Waals surface area contributed by atoms with Crippen LogP contribution in [-0.4, -0.2) is 27.5 Å². The smallest absolute Gasteiger partial charge is 0.223 e. The van der Waals surface area contributed by atoms with Gasteiger partial charge in [0.15, 0.2) is 5.82 Å². The number of nitrogens with zero attached hydrogens (tertiary/aromatic N) is 3. The Kier molecular flexibility index (Phi) is 2.55. The zero-order valence-electron chi connectivity index (χ0n) is 7.60. The van der Waals surface area contributed by atoms with Crippen molar-refractivity contribution in [1.82, 2.24) is 14.4 Å². The van der Waals surface area contributed by atoms with Gasteiger partial charge in [-0.3, -0.25) is 4.31 Å². The quantitative estimate of drug-likeness (QED) is 0.694. The van der Waals surface area contributed by atoms with Gasteiger partial charge in [-0.25, -0.2) is 0 Å². The molecule has 0 amide bonds. The first-order valence-electron chi connectivity index (χ1n) is 4.50. The van der Waals surface area contributed by atoms with Crippen LogP contribution in [-0.2, 0) is 0 Å². The molecule has 72 valence electrons. The van der Waals surface area contributed by atoms with Crippen molar-refractivity contribution >= 4 is 12.8 Å². The van der Waals surface area contributed by atoms with Crippen molar-refractivity contribution in [2.45, 2.75) is 25.7 Å². The van der Waals surface area contributed by atoms with Crippen LogP contribution < -0.4 is 0 Å². The molecule has 1 atom stereocenters. The molecule has 0 aromatic carbocycles. The molecule has 0 saturated carbocycles. The molecule has 0 radical (unpaired) electrons. The van der Waals surface area contributed by atoms with E-state index in [9.17, 15) is 0 Å². The van der Waals surface area contributed by atoms with E-state index in [0.29, 0.717) is 11.8 Å². The van der Waals surface area contributed by atoms with Crippen LogP contribution in [0, 0.1) is 6.92 Å². The predicted octanol–water partition coefficient (Wildman–Crippen LogP) is 1.40. The minimum absolute atomic E-state index is 0.392. The Morgan fingerprint density at radius 3 is 3.08 bits per heavy atom. The second kappa shape index (κ2) is 3.67. The number of hydrogen-bond acceptors (Lipinski definition) is 5. The molecule has 1 aromatic rings. The fourth-order valence-corrected chi connectivity index (χ4v) is 1.99. The number of aromatic nitrogens is 2. The van der Waals surface area contributed by atoms with Crippen molar-refractivity contribution in [1.29, 1.82) is 0 Å². The number of hydrogen-bond donors (Lipinski definition) is 1. The van der Waals surface area contributed by atoms with E-state index in [2.05, 4.69) is 23.0 Å². The fourth-order valence-electron chi connectivity index (χ4n) is 1.65. The average Bonchev–Trinajstić information content (AvgIpc) is 2.52. The monoisotopic (exact) mass is 199 g/mol. The summed E-state index contributed by atoms with van der Waals surface area (Å²) in [6, 6.07) is 0. The maximum absolute atomic E-state index is 4.95. The lowest BCUT2D eigenvalue weighted by Gasteiger charge is -2.26. The minimum atomic E-state index is 0.392. The zero-order valence-corrected chi connectivity index (χ0v) is 8.50. The first-order valence-corrected chi connectivity index (χ1v) is 4.90. The number of rotatable bonds is 1. The summed E-state index contributed by atoms with van der Waals surface area (Å²) in [7, 11) is 0. The van der Waals surface area contributed by atoms with E-state index < -0.39 is 0 Å². The standard InChI is InChI=1S/C8H13N3OS/c1-6-9-8(10-12-6)7-3-2-4-11(13)5-7/h7,13H,2-5H2,1H3. The van der Waals surface area contributed by atoms with E-state index in [0.717, 1.165) is 31.8 Å². The Morgan fingerprint density at radius 1 is 1.62 bits per heavy atom. The van der Waals surface area contributed by atoms with Gasteiger partial charge in [-0.2, -0.15) is 4.98 Å². The SMILES string of the molecule is Cc1nc(C2CCCN(S)C2)no1. The molecular weight excluding hydrogens is 186 g/mol. The summed E-state index contributed by atoms with van der Waals surface area (Å²) < 4.78 is 6.96. The van der Waals surface area contributed by atoms with Crippen LogP contribution in [0.1, 0.15) is 30.5 Å². The molecule has 0 bridgehead atoms. The van der Waals surface area contributed by atoms with Gasteiger partial charge in [0, 0.05) is 25.9 Å². The van der Waals surface area contributed by atoms with Crippen LogP contribution in [0.3, 0.4) is 0 Å². The normalized spacial score (nSPS) is 24.9. The van der Waals surface area contributed by atoms with Crippen molar-refractivity contribution in [2.75, 3.05) is 13.1 Å². The van der Waals surface area contributed by atoms with Crippen molar-refractivity contribution in [2.24, 2.45) is 0 Å². The Hall–Kier alpha value is -0.550. The summed E-state index contributed by atoms with van der Waals surface area (Å²) in [6.45, 7) is 3.79. The third-order valence-corrected chi connectivity index (χ3v) is 2.67. The Balaban J connectivity index is 2.08. The highest BCUT2D eigenvalue weighted by Gasteiger charge is 2.23. The highest BCUT2D eigenvalue weighted by molar-refractivity contribution is 7.77. The molecule has 2 rings (SSSR count). The summed E-state index contributed by atoms with van der Waals surface area (Å²) in [5.74, 6) is 1.87. The number of thiol groups is 1. The van der Waals surface area contributed by atoms with Gasteiger partial charge in [0.1, 0.15) is 0 Å². The maximum Gasteiger partial charge on any atom is 0.223 e. The largest absolute Gasteiger partial charge is 0.340 e. The van der Waals surface area contributed by atoms with Crippen molar-refractivity contribution in [3.8, 4) is 0 Å². The molecular formula is C8H13N3OS. The average molecular weight is 199 g/mol. The van der Waals surface area contributed by atoms with E-state index in [1.54, 1.807) is 0 Å². The lowest BCUT2D eigenvalue weighted by Crippen LogP contribution is -2.27. The van der Waals surface area contributed by atoms with Gasteiger partial charge in [-0.05, 0) is 12.8 Å². The third-order valence-electron chi connectivity index (χ3n) is 2.31. The molecule has 2 heterocycles. The third kappa shape index (κ3) is 2.03. The number of piperidine rings is 1. The second-order valence-electron chi connectivity index (χ2n) is 3.42. The molecule has 13 heavy (non-hydrogen) atoms. The summed E-state index contributed by atoms with van der Waals surface area (Å²) >= 11 is 4.32. The minimum Gasteiger partial charge on any atom is -0.340 e. The van der Waals surface area contributed by atoms with Crippen LogP contribution >= 0.6 is 12.8 Å². The van der Waals surface area contributed by atoms with E-state index in [-0.39, 0.29) is 0 Å². The van der Waals surface area contributed by atoms with E-state index >= 15 is 0 Å². The van der Waals surface area contributed by atoms with Crippen molar-refractivity contribution in [3.05, 3.63) is 11.7 Å². The van der Waals surface area contributed by atoms with Gasteiger partial charge in [0.2, 0.25) is 5.89 Å². The van der Waals surface area contributed by atoms with Crippen LogP contribution in [0.5, 0.6) is 0 Å². The summed E-state index contributed by atoms with van der Waals surface area (Å²) in [5, 5.41) is 3.93. The molecule has 0 aliphatic carbocycles. The molecule has 1 saturated heterocycles. The molecule has 5 heteroatoms. The van der Waals surface area contributed by atoms with Gasteiger partial charge in [-0.15, -0.1) is 0 Å². The molecule has 1 aliphatic rings. The highest BCUT2D eigenvalue weighted by atomic mass is 32.1. The molecule has 0 spiro atoms. The fraction of sp³-hybridized carbons (Fsp3) is 0.750. The Labute approximate surface area is 82.9 Å². The number of aryl methyl sites for hydroxylation is 1. The molecule has 0 N–H and O–H groups in total. The van der Waals surface area contributed by atoms with E-state index in [4.69, 9.17) is 4.52 Å². The van der Waals surface area contributed by atoms with Crippen LogP contribution in [0.15, 0.2) is 4.52 Å². The van der Waals surface area contributed by atoms with Crippen molar-refractivity contribution in [3.63, 3.8) is 0 Å². The summed E-state index contributed by atoms with van der Waals surface area (Å²) in [5.41, 5.74) is 0. The zero-order chi connectivity index (χ0) is 9.26. The summed E-state index contributed by atoms with van der Waals surface area (Å²) in [6.07, 6.45) is 2.29. The van der Waals surface area contributed by atoms with E-state index in [1.807, 2.05) is 11.2 Å². The van der Waals surface area contributed by atoms with Crippen molar-refractivity contribution < 1.29 is 4.52 Å². The first-order chi connectivity index (χ1) is 6.25. The summed E-state index contributed by atoms with van der Waals surface area (Å²) in [4.78, 5) is 4.23. The molecule has 1 aromatic heterocycles. The van der Waals surface area contributed by atoms with Gasteiger partial charge in [-0.1, -0.05) is 18.0 Å². The Bertz CT molecular complexity index is 289. The van der Waals surface area contributed by atoms with Gasteiger partial charge in [0.05, 0.1) is 0 Å². The van der Waals surface area contributed by atoms with Crippen LogP contribution in [0.2, 0.25) is 0 Å². The molecule has 1 fully saturated rings. The predicted molar refractivity (Wildman–Crippen MR) is 51.6 cm³/mol. The molecule has 1 unspecified atom stereocenters. The molecule has 1 aliphatic heterocycles. The topological polar surface area (TPSA) is 42.2 Å². The van der Waals surface area contributed by atoms with Crippen LogP contribution in [0.25, 0.3) is 0 Å². The molecule has 4 nitrogen and oxygen atoms in total. The second-order valence-corrected chi connectivity index (χ2v) is 3.99. The maximum atomic E-state index is 4.95. The van der Waals surface area contributed by atoms with E-state index in [1.165, 1.54) is 0 Å². The lowest BCUT2D eigenvalue weighted by molar-refractivity contribution is 0.324. The first kappa shape index (κ1) is 9.02. The van der Waals surface area contributed by atoms with Gasteiger partial charge in [0.25, 0.3) is 0 Å². The lowest BCUT2D eigenvalue weighted by atomic mass is 9.99. The van der Waals surface area contributed by atoms with Gasteiger partial charge >= 0.3 is 0 Å². The Morgan fingerprint density at radius 2 is 2.46 bits per heavy atom. The highest BCUT2D eigenvalue weighted by Crippen LogP contribution is 2.25. The van der Waals surface area contributed by atoms with Gasteiger partial charge < -0.3 is 4.52 Å².